The maximum atomic E-state index is 13.0. The van der Waals surface area contributed by atoms with Crippen molar-refractivity contribution in [3.63, 3.8) is 0 Å². The van der Waals surface area contributed by atoms with Gasteiger partial charge in [-0.1, -0.05) is 0 Å². The lowest BCUT2D eigenvalue weighted by atomic mass is 10.0. The summed E-state index contributed by atoms with van der Waals surface area (Å²) >= 11 is 0. The van der Waals surface area contributed by atoms with Crippen molar-refractivity contribution >= 4 is 17.3 Å². The molecule has 6 nitrogen and oxygen atoms in total. The van der Waals surface area contributed by atoms with Gasteiger partial charge in [-0.15, -0.1) is 0 Å². The van der Waals surface area contributed by atoms with Crippen molar-refractivity contribution in [2.24, 2.45) is 5.73 Å². The predicted octanol–water partition coefficient (Wildman–Crippen LogP) is 1.95. The molecule has 0 aliphatic rings. The Labute approximate surface area is 109 Å². The van der Waals surface area contributed by atoms with Gasteiger partial charge in [0.25, 0.3) is 11.6 Å². The maximum absolute atomic E-state index is 13.0. The summed E-state index contributed by atoms with van der Waals surface area (Å²) in [7, 11) is 0. The lowest BCUT2D eigenvalue weighted by Gasteiger charge is -2.26. The second-order valence-corrected chi connectivity index (χ2v) is 4.07. The summed E-state index contributed by atoms with van der Waals surface area (Å²) in [5, 5.41) is 12.3. The van der Waals surface area contributed by atoms with Gasteiger partial charge in [-0.3, -0.25) is 14.9 Å². The van der Waals surface area contributed by atoms with E-state index in [-0.39, 0.29) is 0 Å². The first-order chi connectivity index (χ1) is 8.96. The van der Waals surface area contributed by atoms with E-state index in [0.717, 1.165) is 6.07 Å². The number of nitrogens with one attached hydrogen (secondary N) is 1. The van der Waals surface area contributed by atoms with Gasteiger partial charge in [0.15, 0.2) is 5.54 Å². The summed E-state index contributed by atoms with van der Waals surface area (Å²) in [6, 6.07) is 1.98. The number of carbonyl (C=O) groups is 1. The minimum Gasteiger partial charge on any atom is -0.318 e. The highest BCUT2D eigenvalue weighted by Gasteiger charge is 2.54. The Morgan fingerprint density at radius 3 is 2.40 bits per heavy atom. The van der Waals surface area contributed by atoms with Gasteiger partial charge in [0.05, 0.1) is 4.92 Å². The summed E-state index contributed by atoms with van der Waals surface area (Å²) < 4.78 is 50.6. The number of amides is 1. The number of halogens is 4. The van der Waals surface area contributed by atoms with Crippen LogP contribution in [0, 0.1) is 15.9 Å². The quantitative estimate of drug-likeness (QED) is 0.506. The van der Waals surface area contributed by atoms with Crippen LogP contribution in [-0.2, 0) is 4.79 Å². The van der Waals surface area contributed by atoms with E-state index in [4.69, 9.17) is 5.73 Å². The molecule has 0 heterocycles. The molecule has 1 unspecified atom stereocenters. The minimum atomic E-state index is -5.07. The number of benzene rings is 1. The average molecular weight is 295 g/mol. The molecule has 0 saturated carbocycles. The van der Waals surface area contributed by atoms with Crippen molar-refractivity contribution in [3.8, 4) is 0 Å². The van der Waals surface area contributed by atoms with Crippen LogP contribution in [0.3, 0.4) is 0 Å². The molecule has 0 aromatic heterocycles. The van der Waals surface area contributed by atoms with Gasteiger partial charge in [0.2, 0.25) is 0 Å². The van der Waals surface area contributed by atoms with Crippen LogP contribution in [0.4, 0.5) is 28.9 Å². The van der Waals surface area contributed by atoms with Crippen LogP contribution in [0.25, 0.3) is 0 Å². The minimum absolute atomic E-state index is 0.396. The van der Waals surface area contributed by atoms with Crippen LogP contribution >= 0.6 is 0 Å². The molecule has 0 bridgehead atoms. The number of nitro benzene ring substituents is 1. The molecular weight excluding hydrogens is 286 g/mol. The van der Waals surface area contributed by atoms with E-state index in [0.29, 0.717) is 19.1 Å². The molecule has 1 rings (SSSR count). The Morgan fingerprint density at radius 1 is 1.40 bits per heavy atom. The first-order valence-electron chi connectivity index (χ1n) is 5.08. The van der Waals surface area contributed by atoms with Gasteiger partial charge in [0.1, 0.15) is 11.5 Å². The van der Waals surface area contributed by atoms with Crippen LogP contribution in [0.5, 0.6) is 0 Å². The van der Waals surface area contributed by atoms with Gasteiger partial charge in [0, 0.05) is 12.1 Å². The molecule has 1 aromatic rings. The molecule has 3 N–H and O–H groups in total. The molecule has 1 amide bonds. The predicted molar refractivity (Wildman–Crippen MR) is 60.3 cm³/mol. The largest absolute Gasteiger partial charge is 0.415 e. The fourth-order valence-corrected chi connectivity index (χ4v) is 1.15. The Hall–Kier alpha value is -2.23. The molecule has 0 aliphatic heterocycles. The first-order valence-corrected chi connectivity index (χ1v) is 5.08. The van der Waals surface area contributed by atoms with E-state index in [1.807, 2.05) is 0 Å². The van der Waals surface area contributed by atoms with Crippen LogP contribution in [0.15, 0.2) is 18.2 Å². The van der Waals surface area contributed by atoms with E-state index < -0.39 is 39.7 Å². The zero-order valence-corrected chi connectivity index (χ0v) is 9.99. The van der Waals surface area contributed by atoms with Crippen LogP contribution in [0.2, 0.25) is 0 Å². The van der Waals surface area contributed by atoms with E-state index in [1.165, 1.54) is 0 Å². The second-order valence-electron chi connectivity index (χ2n) is 4.07. The van der Waals surface area contributed by atoms with Crippen molar-refractivity contribution in [1.29, 1.82) is 0 Å². The number of alkyl halides is 3. The van der Waals surface area contributed by atoms with Gasteiger partial charge < -0.3 is 11.1 Å². The van der Waals surface area contributed by atoms with Crippen molar-refractivity contribution in [2.45, 2.75) is 18.6 Å². The number of rotatable bonds is 3. The van der Waals surface area contributed by atoms with E-state index in [9.17, 15) is 32.5 Å². The Kier molecular flexibility index (Phi) is 3.99. The molecule has 10 heteroatoms. The number of carbonyl (C=O) groups excluding carboxylic acids is 1. The fraction of sp³-hybridized carbons (Fsp3) is 0.300. The number of hydrogen-bond donors (Lipinski definition) is 2. The van der Waals surface area contributed by atoms with Crippen molar-refractivity contribution in [3.05, 3.63) is 34.1 Å². The maximum Gasteiger partial charge on any atom is 0.415 e. The smallest absolute Gasteiger partial charge is 0.318 e. The highest BCUT2D eigenvalue weighted by atomic mass is 19.4. The lowest BCUT2D eigenvalue weighted by molar-refractivity contribution is -0.384. The van der Waals surface area contributed by atoms with Gasteiger partial charge in [-0.05, 0) is 13.0 Å². The molecular formula is C10H9F4N3O3. The van der Waals surface area contributed by atoms with Gasteiger partial charge in [-0.25, -0.2) is 4.39 Å². The molecule has 20 heavy (non-hydrogen) atoms. The Bertz CT molecular complexity index is 557. The zero-order chi connectivity index (χ0) is 15.7. The summed E-state index contributed by atoms with van der Waals surface area (Å²) in [6.45, 7) is 0.396. The van der Waals surface area contributed by atoms with Crippen LogP contribution in [0.1, 0.15) is 6.92 Å². The number of nitro groups is 1. The van der Waals surface area contributed by atoms with E-state index >= 15 is 0 Å². The number of hydrogen-bond acceptors (Lipinski definition) is 4. The van der Waals surface area contributed by atoms with Crippen molar-refractivity contribution in [1.82, 2.24) is 0 Å². The molecule has 110 valence electrons. The third-order valence-corrected chi connectivity index (χ3v) is 2.46. The third kappa shape index (κ3) is 3.02. The number of nitrogens with zero attached hydrogens (tertiary/aromatic N) is 1. The molecule has 1 atom stereocenters. The normalized spacial score (nSPS) is 14.5. The average Bonchev–Trinajstić information content (AvgIpc) is 2.26. The zero-order valence-electron chi connectivity index (χ0n) is 9.99. The third-order valence-electron chi connectivity index (χ3n) is 2.46. The summed E-state index contributed by atoms with van der Waals surface area (Å²) in [6.07, 6.45) is -5.07. The lowest BCUT2D eigenvalue weighted by Crippen LogP contribution is -2.59. The second kappa shape index (κ2) is 5.04. The first kappa shape index (κ1) is 15.8. The Balaban J connectivity index is 3.14. The molecule has 0 fully saturated rings. The Morgan fingerprint density at radius 2 is 1.95 bits per heavy atom. The molecule has 0 saturated heterocycles. The standard InChI is InChI=1S/C10H9F4N3O3/c1-9(15,10(12,13)14)8(18)16-6-4-5(11)2-3-7(6)17(19)20/h2-4H,15H2,1H3,(H,16,18). The van der Waals surface area contributed by atoms with Gasteiger partial charge >= 0.3 is 6.18 Å². The fourth-order valence-electron chi connectivity index (χ4n) is 1.15. The van der Waals surface area contributed by atoms with Crippen LogP contribution in [-0.4, -0.2) is 22.5 Å². The van der Waals surface area contributed by atoms with Crippen LogP contribution < -0.4 is 11.1 Å². The molecule has 0 aliphatic carbocycles. The van der Waals surface area contributed by atoms with Crippen molar-refractivity contribution in [2.75, 3.05) is 5.32 Å². The SMILES string of the molecule is CC(N)(C(=O)Nc1cc(F)ccc1[N+](=O)[O-])C(F)(F)F. The number of anilines is 1. The highest BCUT2D eigenvalue weighted by Crippen LogP contribution is 2.31. The number of nitrogens with two attached hydrogens (primary N) is 1. The van der Waals surface area contributed by atoms with E-state index in [2.05, 4.69) is 0 Å². The van der Waals surface area contributed by atoms with Gasteiger partial charge in [-0.2, -0.15) is 13.2 Å². The van der Waals surface area contributed by atoms with Crippen molar-refractivity contribution < 1.29 is 27.3 Å². The highest BCUT2D eigenvalue weighted by molar-refractivity contribution is 5.99. The monoisotopic (exact) mass is 295 g/mol. The molecule has 1 aromatic carbocycles. The summed E-state index contributed by atoms with van der Waals surface area (Å²) in [5.74, 6) is -2.70. The summed E-state index contributed by atoms with van der Waals surface area (Å²) in [5.41, 5.74) is 0.119. The molecule has 0 spiro atoms. The van der Waals surface area contributed by atoms with E-state index in [1.54, 1.807) is 5.32 Å². The summed E-state index contributed by atoms with van der Waals surface area (Å²) in [4.78, 5) is 21.1. The topological polar surface area (TPSA) is 98.3 Å². The molecule has 0 radical (unpaired) electrons.